The van der Waals surface area contributed by atoms with E-state index in [0.29, 0.717) is 0 Å². The Hall–Kier alpha value is -2.10. The fourth-order valence-corrected chi connectivity index (χ4v) is 1.43. The van der Waals surface area contributed by atoms with Crippen molar-refractivity contribution in [3.8, 4) is 0 Å². The smallest absolute Gasteiger partial charge is 0.272 e. The van der Waals surface area contributed by atoms with Crippen molar-refractivity contribution in [2.24, 2.45) is 16.5 Å². The van der Waals surface area contributed by atoms with E-state index in [9.17, 15) is 4.79 Å². The van der Waals surface area contributed by atoms with Crippen LogP contribution in [0, 0.1) is 0 Å². The molecule has 4 nitrogen and oxygen atoms in total. The number of benzene rings is 1. The minimum absolute atomic E-state index is 0.121. The Balaban J connectivity index is 2.79. The molecule has 1 aromatic carbocycles. The van der Waals surface area contributed by atoms with E-state index in [4.69, 9.17) is 11.5 Å². The van der Waals surface area contributed by atoms with Crippen molar-refractivity contribution < 1.29 is 4.79 Å². The van der Waals surface area contributed by atoms with Gasteiger partial charge in [0.2, 0.25) is 0 Å². The van der Waals surface area contributed by atoms with Gasteiger partial charge in [-0.1, -0.05) is 45.0 Å². The molecule has 0 atom stereocenters. The van der Waals surface area contributed by atoms with Crippen LogP contribution in [0.4, 0.5) is 0 Å². The van der Waals surface area contributed by atoms with Crippen LogP contribution in [-0.4, -0.2) is 11.9 Å². The molecule has 1 rings (SSSR count). The number of nitrogens with two attached hydrogens (primary N) is 2. The van der Waals surface area contributed by atoms with Gasteiger partial charge in [-0.25, -0.2) is 0 Å². The van der Waals surface area contributed by atoms with Gasteiger partial charge in [-0.15, -0.1) is 0 Å². The Bertz CT molecular complexity index is 475. The number of hydrogen-bond donors (Lipinski definition) is 2. The van der Waals surface area contributed by atoms with Crippen molar-refractivity contribution in [3.63, 3.8) is 0 Å². The Morgan fingerprint density at radius 2 is 1.72 bits per heavy atom. The maximum atomic E-state index is 11.2. The van der Waals surface area contributed by atoms with Gasteiger partial charge in [0, 0.05) is 6.08 Å². The number of guanidine groups is 1. The van der Waals surface area contributed by atoms with Gasteiger partial charge in [0.15, 0.2) is 5.96 Å². The predicted octanol–water partition coefficient (Wildman–Crippen LogP) is 1.80. The van der Waals surface area contributed by atoms with Crippen LogP contribution < -0.4 is 11.5 Å². The number of aliphatic imine (C=N–C) groups is 1. The van der Waals surface area contributed by atoms with Crippen molar-refractivity contribution in [2.45, 2.75) is 26.2 Å². The summed E-state index contributed by atoms with van der Waals surface area (Å²) in [5.41, 5.74) is 12.5. The molecular formula is C14H19N3O. The molecule has 0 saturated carbocycles. The monoisotopic (exact) mass is 245 g/mol. The number of hydrogen-bond acceptors (Lipinski definition) is 1. The minimum Gasteiger partial charge on any atom is -0.370 e. The summed E-state index contributed by atoms with van der Waals surface area (Å²) >= 11 is 0. The molecule has 1 aromatic rings. The average molecular weight is 245 g/mol. The maximum absolute atomic E-state index is 11.2. The summed E-state index contributed by atoms with van der Waals surface area (Å²) in [6, 6.07) is 8.01. The van der Waals surface area contributed by atoms with Crippen LogP contribution in [0.3, 0.4) is 0 Å². The summed E-state index contributed by atoms with van der Waals surface area (Å²) in [5.74, 6) is -0.692. The number of nitrogens with zero attached hydrogens (tertiary/aromatic N) is 1. The van der Waals surface area contributed by atoms with E-state index in [1.165, 1.54) is 11.6 Å². The highest BCUT2D eigenvalue weighted by Crippen LogP contribution is 2.22. The van der Waals surface area contributed by atoms with Crippen LogP contribution in [-0.2, 0) is 10.2 Å². The predicted molar refractivity (Wildman–Crippen MR) is 75.0 cm³/mol. The van der Waals surface area contributed by atoms with E-state index in [1.807, 2.05) is 24.3 Å². The van der Waals surface area contributed by atoms with E-state index in [2.05, 4.69) is 25.8 Å². The summed E-state index contributed by atoms with van der Waals surface area (Å²) in [6.07, 6.45) is 3.02. The van der Waals surface area contributed by atoms with E-state index < -0.39 is 5.91 Å². The number of rotatable bonds is 2. The summed E-state index contributed by atoms with van der Waals surface area (Å²) in [4.78, 5) is 14.6. The number of amides is 1. The fourth-order valence-electron chi connectivity index (χ4n) is 1.43. The summed E-state index contributed by atoms with van der Waals surface area (Å²) in [5, 5.41) is 0. The van der Waals surface area contributed by atoms with Gasteiger partial charge in [0.1, 0.15) is 0 Å². The molecule has 18 heavy (non-hydrogen) atoms. The molecule has 0 unspecified atom stereocenters. The molecule has 0 saturated heterocycles. The molecule has 0 bridgehead atoms. The molecule has 4 heteroatoms. The normalized spacial score (nSPS) is 11.5. The zero-order chi connectivity index (χ0) is 13.8. The van der Waals surface area contributed by atoms with E-state index in [0.717, 1.165) is 5.56 Å². The lowest BCUT2D eigenvalue weighted by Crippen LogP contribution is -2.23. The standard InChI is InChI=1S/C14H19N3O/c1-14(2,3)11-7-4-10(5-8-11)6-9-12(18)17-13(15)16/h4-9H,1-3H3,(H4,15,16,17,18)/b9-6+. The van der Waals surface area contributed by atoms with E-state index >= 15 is 0 Å². The molecule has 0 spiro atoms. The third-order valence-electron chi connectivity index (χ3n) is 2.43. The van der Waals surface area contributed by atoms with Crippen LogP contribution in [0.1, 0.15) is 31.9 Å². The summed E-state index contributed by atoms with van der Waals surface area (Å²) in [6.45, 7) is 6.46. The van der Waals surface area contributed by atoms with Gasteiger partial charge in [0.25, 0.3) is 5.91 Å². The zero-order valence-electron chi connectivity index (χ0n) is 11.0. The second-order valence-electron chi connectivity index (χ2n) is 5.08. The SMILES string of the molecule is CC(C)(C)c1ccc(/C=C/C(=O)N=C(N)N)cc1. The van der Waals surface area contributed by atoms with Crippen LogP contribution in [0.5, 0.6) is 0 Å². The molecular weight excluding hydrogens is 226 g/mol. The largest absolute Gasteiger partial charge is 0.370 e. The molecule has 0 aromatic heterocycles. The first-order valence-electron chi connectivity index (χ1n) is 5.71. The fraction of sp³-hybridized carbons (Fsp3) is 0.286. The van der Waals surface area contributed by atoms with Crippen molar-refractivity contribution >= 4 is 17.9 Å². The van der Waals surface area contributed by atoms with Gasteiger partial charge in [-0.3, -0.25) is 4.79 Å². The van der Waals surface area contributed by atoms with Crippen LogP contribution >= 0.6 is 0 Å². The summed E-state index contributed by atoms with van der Waals surface area (Å²) in [7, 11) is 0. The zero-order valence-corrected chi connectivity index (χ0v) is 11.0. The maximum Gasteiger partial charge on any atom is 0.272 e. The first kappa shape index (κ1) is 14.0. The highest BCUT2D eigenvalue weighted by atomic mass is 16.1. The van der Waals surface area contributed by atoms with E-state index in [-0.39, 0.29) is 11.4 Å². The van der Waals surface area contributed by atoms with Gasteiger partial charge in [-0.05, 0) is 22.6 Å². The average Bonchev–Trinajstić information content (AvgIpc) is 2.25. The van der Waals surface area contributed by atoms with Crippen molar-refractivity contribution in [2.75, 3.05) is 0 Å². The molecule has 0 fully saturated rings. The second kappa shape index (κ2) is 5.49. The first-order chi connectivity index (χ1) is 8.29. The second-order valence-corrected chi connectivity index (χ2v) is 5.08. The first-order valence-corrected chi connectivity index (χ1v) is 5.71. The van der Waals surface area contributed by atoms with Gasteiger partial charge >= 0.3 is 0 Å². The van der Waals surface area contributed by atoms with Crippen molar-refractivity contribution in [1.82, 2.24) is 0 Å². The van der Waals surface area contributed by atoms with Crippen LogP contribution in [0.15, 0.2) is 35.3 Å². The molecule has 1 amide bonds. The Morgan fingerprint density at radius 1 is 1.17 bits per heavy atom. The van der Waals surface area contributed by atoms with E-state index in [1.54, 1.807) is 6.08 Å². The lowest BCUT2D eigenvalue weighted by atomic mass is 9.87. The van der Waals surface area contributed by atoms with Gasteiger partial charge < -0.3 is 11.5 Å². The Labute approximate surface area is 107 Å². The topological polar surface area (TPSA) is 81.5 Å². The molecule has 4 N–H and O–H groups in total. The van der Waals surface area contributed by atoms with Crippen LogP contribution in [0.25, 0.3) is 6.08 Å². The van der Waals surface area contributed by atoms with Crippen molar-refractivity contribution in [1.29, 1.82) is 0 Å². The minimum atomic E-state index is -0.463. The molecule has 0 aliphatic carbocycles. The molecule has 0 aliphatic heterocycles. The third-order valence-corrected chi connectivity index (χ3v) is 2.43. The number of carbonyl (C=O) groups excluding carboxylic acids is 1. The quantitative estimate of drug-likeness (QED) is 0.473. The van der Waals surface area contributed by atoms with Crippen LogP contribution in [0.2, 0.25) is 0 Å². The lowest BCUT2D eigenvalue weighted by Gasteiger charge is -2.18. The number of carbonyl (C=O) groups is 1. The Kier molecular flexibility index (Phi) is 4.26. The van der Waals surface area contributed by atoms with Gasteiger partial charge in [-0.2, -0.15) is 4.99 Å². The molecule has 0 heterocycles. The third kappa shape index (κ3) is 4.41. The highest BCUT2D eigenvalue weighted by Gasteiger charge is 2.12. The summed E-state index contributed by atoms with van der Waals surface area (Å²) < 4.78 is 0. The molecule has 0 aliphatic rings. The lowest BCUT2D eigenvalue weighted by molar-refractivity contribution is -0.113. The van der Waals surface area contributed by atoms with Crippen molar-refractivity contribution in [3.05, 3.63) is 41.5 Å². The van der Waals surface area contributed by atoms with Gasteiger partial charge in [0.05, 0.1) is 0 Å². The molecule has 96 valence electrons. The highest BCUT2D eigenvalue weighted by molar-refractivity contribution is 5.99. The Morgan fingerprint density at radius 3 is 2.17 bits per heavy atom. The molecule has 0 radical (unpaired) electrons.